The molecule has 0 atom stereocenters. The SMILES string of the molecule is C=CCNC(=O)CCCCCNC(=O)CCc1ccccc1. The monoisotopic (exact) mass is 302 g/mol. The van der Waals surface area contributed by atoms with Crippen molar-refractivity contribution in [3.8, 4) is 0 Å². The maximum Gasteiger partial charge on any atom is 0.220 e. The van der Waals surface area contributed by atoms with Gasteiger partial charge in [0.15, 0.2) is 0 Å². The fraction of sp³-hybridized carbons (Fsp3) is 0.444. The van der Waals surface area contributed by atoms with Gasteiger partial charge in [-0.15, -0.1) is 6.58 Å². The third kappa shape index (κ3) is 8.95. The van der Waals surface area contributed by atoms with Gasteiger partial charge < -0.3 is 10.6 Å². The zero-order valence-electron chi connectivity index (χ0n) is 13.1. The minimum atomic E-state index is 0.0618. The summed E-state index contributed by atoms with van der Waals surface area (Å²) in [5, 5.41) is 5.67. The Bertz CT molecular complexity index is 457. The molecule has 0 aromatic heterocycles. The topological polar surface area (TPSA) is 58.2 Å². The van der Waals surface area contributed by atoms with Crippen LogP contribution in [0.4, 0.5) is 0 Å². The van der Waals surface area contributed by atoms with Crippen LogP contribution < -0.4 is 10.6 Å². The highest BCUT2D eigenvalue weighted by atomic mass is 16.2. The Kier molecular flexibility index (Phi) is 9.42. The van der Waals surface area contributed by atoms with E-state index >= 15 is 0 Å². The van der Waals surface area contributed by atoms with E-state index in [4.69, 9.17) is 0 Å². The van der Waals surface area contributed by atoms with Crippen molar-refractivity contribution in [2.75, 3.05) is 13.1 Å². The van der Waals surface area contributed by atoms with Gasteiger partial charge in [-0.1, -0.05) is 42.8 Å². The number of unbranched alkanes of at least 4 members (excludes halogenated alkanes) is 2. The van der Waals surface area contributed by atoms with Crippen molar-refractivity contribution in [2.45, 2.75) is 38.5 Å². The number of benzene rings is 1. The molecule has 1 aromatic carbocycles. The van der Waals surface area contributed by atoms with Crippen LogP contribution in [0, 0.1) is 0 Å². The van der Waals surface area contributed by atoms with Crippen LogP contribution in [0.5, 0.6) is 0 Å². The standard InChI is InChI=1S/C18H26N2O2/c1-2-14-19-17(21)11-7-4-8-15-20-18(22)13-12-16-9-5-3-6-10-16/h2-3,5-6,9-10H,1,4,7-8,11-15H2,(H,19,21)(H,20,22). The fourth-order valence-corrected chi connectivity index (χ4v) is 2.08. The van der Waals surface area contributed by atoms with Gasteiger partial charge in [0.1, 0.15) is 0 Å². The molecule has 2 amide bonds. The van der Waals surface area contributed by atoms with Crippen molar-refractivity contribution >= 4 is 11.8 Å². The summed E-state index contributed by atoms with van der Waals surface area (Å²) in [6.07, 6.45) is 6.21. The van der Waals surface area contributed by atoms with Gasteiger partial charge in [-0.3, -0.25) is 9.59 Å². The summed E-state index contributed by atoms with van der Waals surface area (Å²) in [5.74, 6) is 0.152. The lowest BCUT2D eigenvalue weighted by molar-refractivity contribution is -0.122. The zero-order chi connectivity index (χ0) is 16.0. The number of amides is 2. The van der Waals surface area contributed by atoms with Crippen LogP contribution in [-0.2, 0) is 16.0 Å². The van der Waals surface area contributed by atoms with Crippen LogP contribution in [0.15, 0.2) is 43.0 Å². The zero-order valence-corrected chi connectivity index (χ0v) is 13.1. The molecule has 2 N–H and O–H groups in total. The molecule has 22 heavy (non-hydrogen) atoms. The largest absolute Gasteiger partial charge is 0.356 e. The lowest BCUT2D eigenvalue weighted by Gasteiger charge is -2.06. The van der Waals surface area contributed by atoms with Crippen LogP contribution in [-0.4, -0.2) is 24.9 Å². The summed E-state index contributed by atoms with van der Waals surface area (Å²) in [5.41, 5.74) is 1.18. The van der Waals surface area contributed by atoms with Crippen LogP contribution in [0.3, 0.4) is 0 Å². The molecule has 1 rings (SSSR count). The van der Waals surface area contributed by atoms with Crippen LogP contribution in [0.1, 0.15) is 37.7 Å². The van der Waals surface area contributed by atoms with Crippen LogP contribution in [0.25, 0.3) is 0 Å². The Balaban J connectivity index is 1.97. The fourth-order valence-electron chi connectivity index (χ4n) is 2.08. The van der Waals surface area contributed by atoms with Crippen molar-refractivity contribution in [3.63, 3.8) is 0 Å². The molecule has 120 valence electrons. The summed E-state index contributed by atoms with van der Waals surface area (Å²) in [7, 11) is 0. The predicted octanol–water partition coefficient (Wildman–Crippen LogP) is 2.60. The third-order valence-corrected chi connectivity index (χ3v) is 3.33. The van der Waals surface area contributed by atoms with E-state index in [2.05, 4.69) is 17.2 Å². The maximum atomic E-state index is 11.7. The molecule has 0 radical (unpaired) electrons. The van der Waals surface area contributed by atoms with Crippen LogP contribution in [0.2, 0.25) is 0 Å². The Morgan fingerprint density at radius 1 is 0.955 bits per heavy atom. The summed E-state index contributed by atoms with van der Waals surface area (Å²) in [6, 6.07) is 10.0. The second kappa shape index (κ2) is 11.5. The molecular formula is C18H26N2O2. The van der Waals surface area contributed by atoms with Gasteiger partial charge in [-0.25, -0.2) is 0 Å². The van der Waals surface area contributed by atoms with Crippen molar-refractivity contribution in [2.24, 2.45) is 0 Å². The summed E-state index contributed by atoms with van der Waals surface area (Å²) >= 11 is 0. The Morgan fingerprint density at radius 3 is 2.41 bits per heavy atom. The lowest BCUT2D eigenvalue weighted by Crippen LogP contribution is -2.25. The van der Waals surface area contributed by atoms with Gasteiger partial charge in [-0.2, -0.15) is 0 Å². The second-order valence-corrected chi connectivity index (χ2v) is 5.24. The smallest absolute Gasteiger partial charge is 0.220 e. The lowest BCUT2D eigenvalue weighted by atomic mass is 10.1. The molecule has 0 aliphatic heterocycles. The summed E-state index contributed by atoms with van der Waals surface area (Å²) < 4.78 is 0. The average molecular weight is 302 g/mol. The van der Waals surface area contributed by atoms with Crippen molar-refractivity contribution < 1.29 is 9.59 Å². The van der Waals surface area contributed by atoms with Crippen molar-refractivity contribution in [1.82, 2.24) is 10.6 Å². The molecule has 0 bridgehead atoms. The molecule has 0 saturated carbocycles. The minimum Gasteiger partial charge on any atom is -0.356 e. The number of nitrogens with one attached hydrogen (secondary N) is 2. The first kappa shape index (κ1) is 18.0. The van der Waals surface area contributed by atoms with E-state index in [1.165, 1.54) is 5.56 Å². The van der Waals surface area contributed by atoms with Crippen LogP contribution >= 0.6 is 0 Å². The van der Waals surface area contributed by atoms with E-state index in [1.807, 2.05) is 30.3 Å². The number of hydrogen-bond acceptors (Lipinski definition) is 2. The number of carbonyl (C=O) groups excluding carboxylic acids is 2. The van der Waals surface area contributed by atoms with E-state index in [0.29, 0.717) is 25.9 Å². The van der Waals surface area contributed by atoms with Crippen molar-refractivity contribution in [1.29, 1.82) is 0 Å². The highest BCUT2D eigenvalue weighted by Crippen LogP contribution is 2.02. The number of carbonyl (C=O) groups is 2. The summed E-state index contributed by atoms with van der Waals surface area (Å²) in [6.45, 7) is 4.76. The Hall–Kier alpha value is -2.10. The highest BCUT2D eigenvalue weighted by molar-refractivity contribution is 5.76. The first-order chi connectivity index (χ1) is 10.7. The molecule has 0 heterocycles. The van der Waals surface area contributed by atoms with Gasteiger partial charge in [0.05, 0.1) is 0 Å². The normalized spacial score (nSPS) is 10.0. The molecule has 0 aliphatic rings. The van der Waals surface area contributed by atoms with Gasteiger partial charge in [0.2, 0.25) is 11.8 Å². The first-order valence-corrected chi connectivity index (χ1v) is 7.90. The van der Waals surface area contributed by atoms with E-state index < -0.39 is 0 Å². The molecule has 4 nitrogen and oxygen atoms in total. The number of hydrogen-bond donors (Lipinski definition) is 2. The molecule has 0 fully saturated rings. The second-order valence-electron chi connectivity index (χ2n) is 5.24. The van der Waals surface area contributed by atoms with E-state index in [-0.39, 0.29) is 11.8 Å². The van der Waals surface area contributed by atoms with Gasteiger partial charge in [0.25, 0.3) is 0 Å². The molecule has 0 aliphatic carbocycles. The molecule has 0 saturated heterocycles. The number of rotatable bonds is 11. The summed E-state index contributed by atoms with van der Waals surface area (Å²) in [4.78, 5) is 23.0. The maximum absolute atomic E-state index is 11.7. The molecule has 0 spiro atoms. The third-order valence-electron chi connectivity index (χ3n) is 3.33. The Morgan fingerprint density at radius 2 is 1.68 bits per heavy atom. The van der Waals surface area contributed by atoms with Gasteiger partial charge in [-0.05, 0) is 24.8 Å². The van der Waals surface area contributed by atoms with E-state index in [0.717, 1.165) is 25.7 Å². The van der Waals surface area contributed by atoms with Crippen molar-refractivity contribution in [3.05, 3.63) is 48.6 Å². The van der Waals surface area contributed by atoms with E-state index in [9.17, 15) is 9.59 Å². The number of aryl methyl sites for hydroxylation is 1. The predicted molar refractivity (Wildman–Crippen MR) is 89.4 cm³/mol. The molecule has 1 aromatic rings. The van der Waals surface area contributed by atoms with E-state index in [1.54, 1.807) is 6.08 Å². The first-order valence-electron chi connectivity index (χ1n) is 7.90. The Labute approximate surface area is 133 Å². The molecule has 4 heteroatoms. The highest BCUT2D eigenvalue weighted by Gasteiger charge is 2.02. The minimum absolute atomic E-state index is 0.0618. The van der Waals surface area contributed by atoms with Gasteiger partial charge >= 0.3 is 0 Å². The van der Waals surface area contributed by atoms with Gasteiger partial charge in [0, 0.05) is 25.9 Å². The molecular weight excluding hydrogens is 276 g/mol. The molecule has 0 unspecified atom stereocenters. The quantitative estimate of drug-likeness (QED) is 0.487. The average Bonchev–Trinajstić information content (AvgIpc) is 2.55.